The molecule has 1 heterocycles. The minimum atomic E-state index is -1.15. The highest BCUT2D eigenvalue weighted by atomic mass is 127. The van der Waals surface area contributed by atoms with Crippen LogP contribution in [0, 0.1) is 0 Å². The fourth-order valence-corrected chi connectivity index (χ4v) is 2.48. The first kappa shape index (κ1) is 14.7. The predicted molar refractivity (Wildman–Crippen MR) is 76.0 cm³/mol. The molecule has 2 rings (SSSR count). The maximum atomic E-state index is 11.7. The Morgan fingerprint density at radius 3 is 2.68 bits per heavy atom. The number of rotatable bonds is 4. The number of alkyl halides is 1. The van der Waals surface area contributed by atoms with Crippen LogP contribution >= 0.6 is 22.6 Å². The molecule has 0 aliphatic carbocycles. The molecule has 1 aliphatic rings. The molecule has 1 fully saturated rings. The largest absolute Gasteiger partial charge is 0.461 e. The van der Waals surface area contributed by atoms with E-state index in [-0.39, 0.29) is 22.6 Å². The van der Waals surface area contributed by atoms with Crippen molar-refractivity contribution in [1.82, 2.24) is 0 Å². The molecule has 0 bridgehead atoms. The molecule has 5 nitrogen and oxygen atoms in total. The van der Waals surface area contributed by atoms with E-state index in [1.807, 2.05) is 6.07 Å². The summed E-state index contributed by atoms with van der Waals surface area (Å²) in [6.45, 7) is 0.179. The molecular weight excluding hydrogens is 363 g/mol. The minimum absolute atomic E-state index is 0.114. The molecule has 19 heavy (non-hydrogen) atoms. The number of carbonyl (C=O) groups excluding carboxylic acids is 1. The van der Waals surface area contributed by atoms with Crippen LogP contribution in [0.2, 0.25) is 0 Å². The number of halogens is 1. The van der Waals surface area contributed by atoms with Crippen molar-refractivity contribution in [2.75, 3.05) is 6.61 Å². The number of ether oxygens (including phenoxy) is 2. The quantitative estimate of drug-likeness (QED) is 0.467. The zero-order valence-corrected chi connectivity index (χ0v) is 12.3. The van der Waals surface area contributed by atoms with Crippen molar-refractivity contribution in [2.45, 2.75) is 28.8 Å². The topological polar surface area (TPSA) is 76.0 Å². The van der Waals surface area contributed by atoms with Crippen LogP contribution in [0.25, 0.3) is 0 Å². The lowest BCUT2D eigenvalue weighted by molar-refractivity contribution is -0.127. The highest BCUT2D eigenvalue weighted by Crippen LogP contribution is 2.25. The molecule has 1 aromatic carbocycles. The van der Waals surface area contributed by atoms with E-state index in [1.54, 1.807) is 24.3 Å². The summed E-state index contributed by atoms with van der Waals surface area (Å²) in [5.74, 6) is -0.388. The maximum absolute atomic E-state index is 11.7. The van der Waals surface area contributed by atoms with Gasteiger partial charge in [0.05, 0.1) is 15.6 Å². The molecule has 4 atom stereocenters. The zero-order chi connectivity index (χ0) is 13.8. The van der Waals surface area contributed by atoms with Gasteiger partial charge in [0, 0.05) is 6.42 Å². The molecule has 6 heteroatoms. The number of carbonyl (C=O) groups is 1. The van der Waals surface area contributed by atoms with Gasteiger partial charge in [-0.25, -0.2) is 4.79 Å². The predicted octanol–water partition coefficient (Wildman–Crippen LogP) is 1.12. The monoisotopic (exact) mass is 378 g/mol. The number of esters is 1. The van der Waals surface area contributed by atoms with Crippen molar-refractivity contribution < 1.29 is 24.5 Å². The summed E-state index contributed by atoms with van der Waals surface area (Å²) in [6.07, 6.45) is -1.98. The average Bonchev–Trinajstić information content (AvgIpc) is 2.77. The van der Waals surface area contributed by atoms with E-state index in [0.29, 0.717) is 12.0 Å². The Morgan fingerprint density at radius 2 is 2.11 bits per heavy atom. The van der Waals surface area contributed by atoms with Crippen molar-refractivity contribution in [2.24, 2.45) is 0 Å². The van der Waals surface area contributed by atoms with E-state index in [0.717, 1.165) is 0 Å². The number of aliphatic hydroxyl groups is 2. The summed E-state index contributed by atoms with van der Waals surface area (Å²) in [5.41, 5.74) is 0.499. The van der Waals surface area contributed by atoms with Gasteiger partial charge in [-0.3, -0.25) is 0 Å². The van der Waals surface area contributed by atoms with Crippen LogP contribution in [-0.2, 0) is 9.47 Å². The first-order valence-corrected chi connectivity index (χ1v) is 7.20. The second-order valence-corrected chi connectivity index (χ2v) is 5.95. The third kappa shape index (κ3) is 3.88. The second kappa shape index (κ2) is 6.65. The highest BCUT2D eigenvalue weighted by molar-refractivity contribution is 14.1. The van der Waals surface area contributed by atoms with Gasteiger partial charge in [0.15, 0.2) is 6.29 Å². The Bertz CT molecular complexity index is 414. The van der Waals surface area contributed by atoms with Crippen LogP contribution in [0.1, 0.15) is 16.8 Å². The first-order chi connectivity index (χ1) is 9.08. The summed E-state index contributed by atoms with van der Waals surface area (Å²) in [5, 5.41) is 18.7. The third-order valence-electron chi connectivity index (χ3n) is 2.90. The van der Waals surface area contributed by atoms with Gasteiger partial charge in [-0.1, -0.05) is 40.8 Å². The molecule has 104 valence electrons. The molecule has 1 aromatic rings. The fraction of sp³-hybridized carbons (Fsp3) is 0.462. The van der Waals surface area contributed by atoms with Gasteiger partial charge in [0.1, 0.15) is 12.7 Å². The molecule has 1 aliphatic heterocycles. The molecule has 0 amide bonds. The third-order valence-corrected chi connectivity index (χ3v) is 4.07. The Kier molecular flexibility index (Phi) is 5.14. The molecule has 0 aromatic heterocycles. The average molecular weight is 378 g/mol. The van der Waals surface area contributed by atoms with Crippen LogP contribution in [0.5, 0.6) is 0 Å². The van der Waals surface area contributed by atoms with Crippen LogP contribution in [0.15, 0.2) is 30.3 Å². The van der Waals surface area contributed by atoms with Crippen LogP contribution in [0.3, 0.4) is 0 Å². The second-order valence-electron chi connectivity index (χ2n) is 4.35. The van der Waals surface area contributed by atoms with Crippen molar-refractivity contribution in [3.8, 4) is 0 Å². The van der Waals surface area contributed by atoms with E-state index in [4.69, 9.17) is 9.47 Å². The molecule has 1 unspecified atom stereocenters. The SMILES string of the molecule is O=C(OC[C@H](I)[C@@H]1C[C@@H](O)C(O)O1)c1ccccc1. The van der Waals surface area contributed by atoms with E-state index in [2.05, 4.69) is 22.6 Å². The normalized spacial score (nSPS) is 28.1. The van der Waals surface area contributed by atoms with E-state index in [1.165, 1.54) is 0 Å². The fourth-order valence-electron chi connectivity index (χ4n) is 1.83. The lowest BCUT2D eigenvalue weighted by atomic mass is 10.1. The van der Waals surface area contributed by atoms with Crippen molar-refractivity contribution in [3.05, 3.63) is 35.9 Å². The number of hydrogen-bond acceptors (Lipinski definition) is 5. The van der Waals surface area contributed by atoms with Crippen LogP contribution in [0.4, 0.5) is 0 Å². The summed E-state index contributed by atoms with van der Waals surface area (Å²) >= 11 is 2.09. The van der Waals surface area contributed by atoms with Gasteiger partial charge in [-0.15, -0.1) is 0 Å². The molecule has 0 spiro atoms. The number of hydrogen-bond donors (Lipinski definition) is 2. The zero-order valence-electron chi connectivity index (χ0n) is 10.1. The van der Waals surface area contributed by atoms with E-state index >= 15 is 0 Å². The van der Waals surface area contributed by atoms with Crippen LogP contribution in [-0.4, -0.2) is 45.2 Å². The Hall–Kier alpha value is -0.700. The molecular formula is C13H15IO5. The molecule has 1 saturated heterocycles. The minimum Gasteiger partial charge on any atom is -0.461 e. The number of aliphatic hydroxyl groups excluding tert-OH is 2. The standard InChI is InChI=1S/C13H15IO5/c14-9(11-6-10(15)13(17)19-11)7-18-12(16)8-4-2-1-3-5-8/h1-5,9-11,13,15,17H,6-7H2/t9-,10+,11-,13?/m0/s1. The lowest BCUT2D eigenvalue weighted by Gasteiger charge is -2.17. The van der Waals surface area contributed by atoms with Gasteiger partial charge < -0.3 is 19.7 Å². The van der Waals surface area contributed by atoms with Gasteiger partial charge in [0.2, 0.25) is 0 Å². The highest BCUT2D eigenvalue weighted by Gasteiger charge is 2.36. The van der Waals surface area contributed by atoms with Crippen LogP contribution < -0.4 is 0 Å². The number of benzene rings is 1. The molecule has 0 radical (unpaired) electrons. The van der Waals surface area contributed by atoms with E-state index in [9.17, 15) is 15.0 Å². The lowest BCUT2D eigenvalue weighted by Crippen LogP contribution is -2.27. The van der Waals surface area contributed by atoms with Gasteiger partial charge >= 0.3 is 5.97 Å². The van der Waals surface area contributed by atoms with Crippen molar-refractivity contribution in [3.63, 3.8) is 0 Å². The summed E-state index contributed by atoms with van der Waals surface area (Å²) in [4.78, 5) is 11.7. The van der Waals surface area contributed by atoms with Crippen molar-refractivity contribution >= 4 is 28.6 Å². The summed E-state index contributed by atoms with van der Waals surface area (Å²) in [6, 6.07) is 8.73. The van der Waals surface area contributed by atoms with Gasteiger partial charge in [-0.2, -0.15) is 0 Å². The molecule has 2 N–H and O–H groups in total. The Balaban J connectivity index is 1.81. The van der Waals surface area contributed by atoms with E-state index < -0.39 is 12.4 Å². The Morgan fingerprint density at radius 1 is 1.42 bits per heavy atom. The maximum Gasteiger partial charge on any atom is 0.338 e. The Labute approximate surface area is 124 Å². The summed E-state index contributed by atoms with van der Waals surface area (Å²) in [7, 11) is 0. The van der Waals surface area contributed by atoms with Gasteiger partial charge in [0.25, 0.3) is 0 Å². The van der Waals surface area contributed by atoms with Crippen molar-refractivity contribution in [1.29, 1.82) is 0 Å². The first-order valence-electron chi connectivity index (χ1n) is 5.96. The summed E-state index contributed by atoms with van der Waals surface area (Å²) < 4.78 is 10.2. The van der Waals surface area contributed by atoms with Gasteiger partial charge in [-0.05, 0) is 12.1 Å². The molecule has 0 saturated carbocycles. The smallest absolute Gasteiger partial charge is 0.338 e.